The van der Waals surface area contributed by atoms with Crippen LogP contribution in [0.25, 0.3) is 0 Å². The van der Waals surface area contributed by atoms with Gasteiger partial charge in [0.25, 0.3) is 5.91 Å². The van der Waals surface area contributed by atoms with Crippen LogP contribution in [0.3, 0.4) is 0 Å². The first-order chi connectivity index (χ1) is 10.6. The van der Waals surface area contributed by atoms with Gasteiger partial charge in [-0.05, 0) is 36.3 Å². The summed E-state index contributed by atoms with van der Waals surface area (Å²) in [6.45, 7) is 0.0911. The number of allylic oxidation sites excluding steroid dienone is 2. The lowest BCUT2D eigenvalue weighted by Crippen LogP contribution is -2.31. The molecule has 4 nitrogen and oxygen atoms in total. The van der Waals surface area contributed by atoms with Gasteiger partial charge in [0.2, 0.25) is 0 Å². The largest absolute Gasteiger partial charge is 0.455 e. The Balaban J connectivity index is 1.42. The van der Waals surface area contributed by atoms with Gasteiger partial charge in [-0.25, -0.2) is 0 Å². The average molecular weight is 320 g/mol. The monoisotopic (exact) mass is 319 g/mol. The molecule has 22 heavy (non-hydrogen) atoms. The molecule has 0 radical (unpaired) electrons. The van der Waals surface area contributed by atoms with Crippen molar-refractivity contribution in [2.75, 3.05) is 6.61 Å². The molecule has 0 saturated heterocycles. The van der Waals surface area contributed by atoms with Crippen LogP contribution >= 0.6 is 11.6 Å². The fourth-order valence-corrected chi connectivity index (χ4v) is 3.38. The van der Waals surface area contributed by atoms with Crippen molar-refractivity contribution in [2.45, 2.75) is 19.4 Å². The highest BCUT2D eigenvalue weighted by Gasteiger charge is 2.40. The number of nitrogens with one attached hydrogen (secondary N) is 1. The smallest absolute Gasteiger partial charge is 0.310 e. The van der Waals surface area contributed by atoms with Gasteiger partial charge in [-0.15, -0.1) is 0 Å². The Kier molecular flexibility index (Phi) is 4.48. The molecule has 0 aliphatic heterocycles. The van der Waals surface area contributed by atoms with Crippen molar-refractivity contribution in [3.63, 3.8) is 0 Å². The van der Waals surface area contributed by atoms with E-state index in [0.29, 0.717) is 23.4 Å². The number of hydrogen-bond donors (Lipinski definition) is 1. The topological polar surface area (TPSA) is 55.4 Å². The molecular weight excluding hydrogens is 302 g/mol. The lowest BCUT2D eigenvalue weighted by molar-refractivity contribution is -0.153. The van der Waals surface area contributed by atoms with Crippen LogP contribution in [0.15, 0.2) is 36.4 Å². The molecule has 2 aliphatic carbocycles. The van der Waals surface area contributed by atoms with Gasteiger partial charge in [0, 0.05) is 11.6 Å². The molecule has 1 N–H and O–H groups in total. The number of benzene rings is 1. The highest BCUT2D eigenvalue weighted by Crippen LogP contribution is 2.43. The fraction of sp³-hybridized carbons (Fsp3) is 0.412. The van der Waals surface area contributed by atoms with E-state index in [1.54, 1.807) is 6.07 Å². The van der Waals surface area contributed by atoms with E-state index in [2.05, 4.69) is 17.5 Å². The van der Waals surface area contributed by atoms with Crippen molar-refractivity contribution in [3.8, 4) is 0 Å². The average Bonchev–Trinajstić information content (AvgIpc) is 3.15. The number of carbonyl (C=O) groups excluding carboxylic acids is 2. The first kappa shape index (κ1) is 15.1. The predicted molar refractivity (Wildman–Crippen MR) is 83.1 cm³/mol. The fourth-order valence-electron chi connectivity index (χ4n) is 3.18. The number of hydrogen-bond acceptors (Lipinski definition) is 3. The maximum Gasteiger partial charge on any atom is 0.310 e. The molecule has 1 fully saturated rings. The Morgan fingerprint density at radius 1 is 1.23 bits per heavy atom. The quantitative estimate of drug-likeness (QED) is 0.670. The van der Waals surface area contributed by atoms with Crippen molar-refractivity contribution in [1.29, 1.82) is 0 Å². The highest BCUT2D eigenvalue weighted by atomic mass is 35.5. The van der Waals surface area contributed by atoms with Crippen LogP contribution in [0, 0.1) is 17.8 Å². The van der Waals surface area contributed by atoms with Gasteiger partial charge in [-0.2, -0.15) is 0 Å². The standard InChI is InChI=1S/C17H18ClNO3/c18-15-4-2-1-3-13(15)9-19-16(20)10-22-17(21)14-8-11-5-6-12(14)7-11/h1-6,11-12,14H,7-10H2,(H,19,20)/t11-,12-,14+/m0/s1. The molecule has 0 heterocycles. The summed E-state index contributed by atoms with van der Waals surface area (Å²) < 4.78 is 5.14. The Morgan fingerprint density at radius 2 is 2.05 bits per heavy atom. The first-order valence-electron chi connectivity index (χ1n) is 7.48. The zero-order valence-electron chi connectivity index (χ0n) is 12.1. The third kappa shape index (κ3) is 3.33. The van der Waals surface area contributed by atoms with Gasteiger partial charge in [0.15, 0.2) is 6.61 Å². The van der Waals surface area contributed by atoms with Gasteiger partial charge in [0.05, 0.1) is 5.92 Å². The Bertz CT molecular complexity index is 614. The van der Waals surface area contributed by atoms with E-state index in [0.717, 1.165) is 18.4 Å². The first-order valence-corrected chi connectivity index (χ1v) is 7.86. The number of fused-ring (bicyclic) bond motifs is 2. The van der Waals surface area contributed by atoms with Crippen LogP contribution in [-0.2, 0) is 20.9 Å². The van der Waals surface area contributed by atoms with E-state index in [1.165, 1.54) is 0 Å². The van der Waals surface area contributed by atoms with Crippen LogP contribution in [0.2, 0.25) is 5.02 Å². The number of carbonyl (C=O) groups is 2. The summed E-state index contributed by atoms with van der Waals surface area (Å²) in [4.78, 5) is 23.8. The summed E-state index contributed by atoms with van der Waals surface area (Å²) in [7, 11) is 0. The van der Waals surface area contributed by atoms with Crippen LogP contribution in [0.4, 0.5) is 0 Å². The second-order valence-corrected chi connectivity index (χ2v) is 6.27. The van der Waals surface area contributed by atoms with Gasteiger partial charge in [0.1, 0.15) is 0 Å². The zero-order chi connectivity index (χ0) is 15.5. The van der Waals surface area contributed by atoms with E-state index >= 15 is 0 Å². The van der Waals surface area contributed by atoms with Gasteiger partial charge < -0.3 is 10.1 Å². The zero-order valence-corrected chi connectivity index (χ0v) is 12.9. The molecule has 116 valence electrons. The third-order valence-electron chi connectivity index (χ3n) is 4.36. The SMILES string of the molecule is O=C(COC(=O)[C@@H]1C[C@H]2C=C[C@H]1C2)NCc1ccccc1Cl. The molecule has 0 spiro atoms. The molecule has 1 saturated carbocycles. The summed E-state index contributed by atoms with van der Waals surface area (Å²) in [5.74, 6) is 0.156. The molecule has 5 heteroatoms. The normalized spacial score (nSPS) is 25.2. The molecule has 2 aliphatic rings. The van der Waals surface area contributed by atoms with E-state index in [9.17, 15) is 9.59 Å². The van der Waals surface area contributed by atoms with E-state index in [-0.39, 0.29) is 24.4 Å². The van der Waals surface area contributed by atoms with Crippen molar-refractivity contribution in [1.82, 2.24) is 5.32 Å². The molecule has 3 rings (SSSR count). The van der Waals surface area contributed by atoms with E-state index < -0.39 is 0 Å². The summed E-state index contributed by atoms with van der Waals surface area (Å²) in [6, 6.07) is 7.30. The van der Waals surface area contributed by atoms with Crippen molar-refractivity contribution >= 4 is 23.5 Å². The van der Waals surface area contributed by atoms with Gasteiger partial charge in [-0.1, -0.05) is 42.0 Å². The van der Waals surface area contributed by atoms with Crippen LogP contribution < -0.4 is 5.32 Å². The van der Waals surface area contributed by atoms with Gasteiger partial charge in [-0.3, -0.25) is 9.59 Å². The maximum absolute atomic E-state index is 12.0. The molecule has 2 bridgehead atoms. The Hall–Kier alpha value is -1.81. The molecule has 0 unspecified atom stereocenters. The summed E-state index contributed by atoms with van der Waals surface area (Å²) in [5, 5.41) is 3.31. The van der Waals surface area contributed by atoms with Crippen LogP contribution in [-0.4, -0.2) is 18.5 Å². The number of ether oxygens (including phenoxy) is 1. The predicted octanol–water partition coefficient (Wildman–Crippen LogP) is 2.71. The molecule has 0 aromatic heterocycles. The van der Waals surface area contributed by atoms with Gasteiger partial charge >= 0.3 is 5.97 Å². The molecule has 3 atom stereocenters. The number of esters is 1. The highest BCUT2D eigenvalue weighted by molar-refractivity contribution is 6.31. The van der Waals surface area contributed by atoms with E-state index in [1.807, 2.05) is 18.2 Å². The van der Waals surface area contributed by atoms with Crippen LogP contribution in [0.1, 0.15) is 18.4 Å². The van der Waals surface area contributed by atoms with Crippen molar-refractivity contribution < 1.29 is 14.3 Å². The minimum absolute atomic E-state index is 0.0774. The number of rotatable bonds is 5. The minimum Gasteiger partial charge on any atom is -0.455 e. The van der Waals surface area contributed by atoms with E-state index in [4.69, 9.17) is 16.3 Å². The second kappa shape index (κ2) is 6.53. The summed E-state index contributed by atoms with van der Waals surface area (Å²) in [5.41, 5.74) is 0.835. The third-order valence-corrected chi connectivity index (χ3v) is 4.73. The molecule has 1 amide bonds. The summed E-state index contributed by atoms with van der Waals surface area (Å²) >= 11 is 6.01. The minimum atomic E-state index is -0.313. The molecule has 1 aromatic rings. The van der Waals surface area contributed by atoms with Crippen LogP contribution in [0.5, 0.6) is 0 Å². The second-order valence-electron chi connectivity index (χ2n) is 5.86. The lowest BCUT2D eigenvalue weighted by Gasteiger charge is -2.16. The molecular formula is C17H18ClNO3. The lowest BCUT2D eigenvalue weighted by atomic mass is 9.94. The maximum atomic E-state index is 12.0. The number of amides is 1. The summed E-state index contributed by atoms with van der Waals surface area (Å²) in [6.07, 6.45) is 6.15. The molecule has 1 aromatic carbocycles. The Morgan fingerprint density at radius 3 is 2.73 bits per heavy atom. The van der Waals surface area contributed by atoms with Crippen molar-refractivity contribution in [2.24, 2.45) is 17.8 Å². The number of halogens is 1. The van der Waals surface area contributed by atoms with Crippen molar-refractivity contribution in [3.05, 3.63) is 47.0 Å². The Labute approximate surface area is 134 Å².